The van der Waals surface area contributed by atoms with Gasteiger partial charge in [-0.05, 0) is 39.7 Å². The van der Waals surface area contributed by atoms with Crippen molar-refractivity contribution >= 4 is 22.9 Å². The summed E-state index contributed by atoms with van der Waals surface area (Å²) in [5.41, 5.74) is 2.26. The molecule has 8 nitrogen and oxygen atoms in total. The maximum atomic E-state index is 12.1. The molecule has 0 amide bonds. The third kappa shape index (κ3) is 5.33. The van der Waals surface area contributed by atoms with Crippen LogP contribution in [0.5, 0.6) is 0 Å². The summed E-state index contributed by atoms with van der Waals surface area (Å²) in [7, 11) is 0. The predicted molar refractivity (Wildman–Crippen MR) is 115 cm³/mol. The van der Waals surface area contributed by atoms with Crippen LogP contribution in [0.2, 0.25) is 0 Å². The van der Waals surface area contributed by atoms with Gasteiger partial charge in [-0.1, -0.05) is 35.5 Å². The van der Waals surface area contributed by atoms with Crippen molar-refractivity contribution in [2.75, 3.05) is 25.0 Å². The highest BCUT2D eigenvalue weighted by atomic mass is 16.5. The Morgan fingerprint density at radius 2 is 2.00 bits per heavy atom. The van der Waals surface area contributed by atoms with Crippen LogP contribution in [0.1, 0.15) is 49.1 Å². The van der Waals surface area contributed by atoms with Crippen LogP contribution in [0.25, 0.3) is 11.1 Å². The van der Waals surface area contributed by atoms with Crippen molar-refractivity contribution in [3.63, 3.8) is 0 Å². The molecule has 0 saturated carbocycles. The monoisotopic (exact) mass is 411 g/mol. The lowest BCUT2D eigenvalue weighted by atomic mass is 10.2. The van der Waals surface area contributed by atoms with Gasteiger partial charge in [-0.15, -0.1) is 0 Å². The van der Waals surface area contributed by atoms with Crippen molar-refractivity contribution in [2.45, 2.75) is 46.7 Å². The standard InChI is InChI=1S/C22H29N5O3/c1-5-29-22(28)20-24-19(18-16(4)26-30-21(18)25-20)23-12-9-13-27(15(2)3)14-17-10-7-6-8-11-17/h6-8,10-11,15H,5,9,12-14H2,1-4H3,(H,23,24,25). The minimum absolute atomic E-state index is 0.0316. The van der Waals surface area contributed by atoms with Gasteiger partial charge in [0, 0.05) is 25.7 Å². The van der Waals surface area contributed by atoms with Gasteiger partial charge in [-0.2, -0.15) is 4.98 Å². The first-order valence-corrected chi connectivity index (χ1v) is 10.3. The van der Waals surface area contributed by atoms with E-state index >= 15 is 0 Å². The summed E-state index contributed by atoms with van der Waals surface area (Å²) < 4.78 is 10.3. The van der Waals surface area contributed by atoms with Gasteiger partial charge in [0.25, 0.3) is 5.71 Å². The zero-order chi connectivity index (χ0) is 21.5. The largest absolute Gasteiger partial charge is 0.460 e. The maximum Gasteiger partial charge on any atom is 0.376 e. The molecule has 0 unspecified atom stereocenters. The van der Waals surface area contributed by atoms with Gasteiger partial charge in [-0.25, -0.2) is 9.78 Å². The molecule has 0 saturated heterocycles. The molecule has 0 atom stereocenters. The van der Waals surface area contributed by atoms with Crippen LogP contribution in [0.15, 0.2) is 34.9 Å². The number of anilines is 1. The number of hydrogen-bond acceptors (Lipinski definition) is 8. The Hall–Kier alpha value is -3.00. The van der Waals surface area contributed by atoms with Gasteiger partial charge in [-0.3, -0.25) is 4.90 Å². The number of ether oxygens (including phenoxy) is 1. The number of nitrogens with zero attached hydrogens (tertiary/aromatic N) is 4. The van der Waals surface area contributed by atoms with Crippen molar-refractivity contribution in [3.8, 4) is 0 Å². The summed E-state index contributed by atoms with van der Waals surface area (Å²) in [5, 5.41) is 7.96. The minimum atomic E-state index is -0.578. The van der Waals surface area contributed by atoms with E-state index < -0.39 is 5.97 Å². The molecule has 3 rings (SSSR count). The highest BCUT2D eigenvalue weighted by molar-refractivity contribution is 5.93. The molecule has 3 aromatic rings. The molecule has 0 aliphatic heterocycles. The Bertz CT molecular complexity index is 972. The third-order valence-corrected chi connectivity index (χ3v) is 4.84. The molecule has 0 aliphatic rings. The third-order valence-electron chi connectivity index (χ3n) is 4.84. The Kier molecular flexibility index (Phi) is 7.35. The minimum Gasteiger partial charge on any atom is -0.460 e. The number of carbonyl (C=O) groups is 1. The Labute approximate surface area is 176 Å². The fourth-order valence-electron chi connectivity index (χ4n) is 3.23. The maximum absolute atomic E-state index is 12.1. The lowest BCUT2D eigenvalue weighted by Gasteiger charge is -2.26. The predicted octanol–water partition coefficient (Wildman–Crippen LogP) is 3.82. The van der Waals surface area contributed by atoms with Crippen LogP contribution in [0.3, 0.4) is 0 Å². The number of esters is 1. The van der Waals surface area contributed by atoms with E-state index in [1.165, 1.54) is 5.56 Å². The average Bonchev–Trinajstić information content (AvgIpc) is 3.12. The molecule has 0 radical (unpaired) electrons. The molecular weight excluding hydrogens is 382 g/mol. The van der Waals surface area contributed by atoms with E-state index in [2.05, 4.69) is 63.5 Å². The molecule has 160 valence electrons. The van der Waals surface area contributed by atoms with Crippen LogP contribution in [-0.2, 0) is 11.3 Å². The van der Waals surface area contributed by atoms with Crippen molar-refractivity contribution in [2.24, 2.45) is 0 Å². The number of fused-ring (bicyclic) bond motifs is 1. The van der Waals surface area contributed by atoms with E-state index in [4.69, 9.17) is 9.26 Å². The Morgan fingerprint density at radius 3 is 2.70 bits per heavy atom. The van der Waals surface area contributed by atoms with E-state index in [1.807, 2.05) is 13.0 Å². The van der Waals surface area contributed by atoms with Gasteiger partial charge in [0.1, 0.15) is 11.2 Å². The van der Waals surface area contributed by atoms with Crippen LogP contribution in [0.4, 0.5) is 5.82 Å². The number of aryl methyl sites for hydroxylation is 1. The molecule has 30 heavy (non-hydrogen) atoms. The number of benzene rings is 1. The summed E-state index contributed by atoms with van der Waals surface area (Å²) in [6.45, 7) is 10.8. The first kappa shape index (κ1) is 21.7. The van der Waals surface area contributed by atoms with Gasteiger partial charge in [0.15, 0.2) is 0 Å². The second kappa shape index (κ2) is 10.2. The number of carbonyl (C=O) groups excluding carboxylic acids is 1. The van der Waals surface area contributed by atoms with E-state index in [1.54, 1.807) is 6.92 Å². The summed E-state index contributed by atoms with van der Waals surface area (Å²) in [6, 6.07) is 10.9. The Balaban J connectivity index is 1.65. The van der Waals surface area contributed by atoms with Gasteiger partial charge >= 0.3 is 5.97 Å². The van der Waals surface area contributed by atoms with E-state index in [0.29, 0.717) is 29.5 Å². The molecule has 0 spiro atoms. The second-order valence-corrected chi connectivity index (χ2v) is 7.39. The molecule has 0 bridgehead atoms. The summed E-state index contributed by atoms with van der Waals surface area (Å²) in [6.07, 6.45) is 0.912. The first-order chi connectivity index (χ1) is 14.5. The highest BCUT2D eigenvalue weighted by Crippen LogP contribution is 2.24. The smallest absolute Gasteiger partial charge is 0.376 e. The molecule has 2 aromatic heterocycles. The topological polar surface area (TPSA) is 93.4 Å². The molecule has 0 aliphatic carbocycles. The number of hydrogen-bond donors (Lipinski definition) is 1. The molecule has 2 heterocycles. The summed E-state index contributed by atoms with van der Waals surface area (Å²) in [4.78, 5) is 23.0. The molecule has 1 aromatic carbocycles. The summed E-state index contributed by atoms with van der Waals surface area (Å²) in [5.74, 6) is -0.0674. The fourth-order valence-corrected chi connectivity index (χ4v) is 3.23. The summed E-state index contributed by atoms with van der Waals surface area (Å²) >= 11 is 0. The first-order valence-electron chi connectivity index (χ1n) is 10.3. The van der Waals surface area contributed by atoms with Crippen LogP contribution in [0, 0.1) is 6.92 Å². The lowest BCUT2D eigenvalue weighted by Crippen LogP contribution is -2.32. The zero-order valence-electron chi connectivity index (χ0n) is 18.0. The van der Waals surface area contributed by atoms with Crippen molar-refractivity contribution in [1.82, 2.24) is 20.0 Å². The molecular formula is C22H29N5O3. The van der Waals surface area contributed by atoms with Gasteiger partial charge < -0.3 is 14.6 Å². The van der Waals surface area contributed by atoms with E-state index in [-0.39, 0.29) is 18.1 Å². The van der Waals surface area contributed by atoms with Crippen molar-refractivity contribution in [1.29, 1.82) is 0 Å². The van der Waals surface area contributed by atoms with Gasteiger partial charge in [0.2, 0.25) is 5.82 Å². The highest BCUT2D eigenvalue weighted by Gasteiger charge is 2.19. The SMILES string of the molecule is CCOC(=O)c1nc(NCCCN(Cc2ccccc2)C(C)C)c2c(C)noc2n1. The Morgan fingerprint density at radius 1 is 1.23 bits per heavy atom. The quantitative estimate of drug-likeness (QED) is 0.398. The molecule has 1 N–H and O–H groups in total. The number of aromatic nitrogens is 3. The van der Waals surface area contributed by atoms with E-state index in [0.717, 1.165) is 19.5 Å². The van der Waals surface area contributed by atoms with Crippen LogP contribution < -0.4 is 5.32 Å². The second-order valence-electron chi connectivity index (χ2n) is 7.39. The van der Waals surface area contributed by atoms with Gasteiger partial charge in [0.05, 0.1) is 12.3 Å². The normalized spacial score (nSPS) is 11.4. The molecule has 0 fully saturated rings. The number of rotatable bonds is 10. The van der Waals surface area contributed by atoms with E-state index in [9.17, 15) is 4.79 Å². The van der Waals surface area contributed by atoms with Crippen molar-refractivity contribution < 1.29 is 14.1 Å². The zero-order valence-corrected chi connectivity index (χ0v) is 18.0. The van der Waals surface area contributed by atoms with Crippen LogP contribution in [-0.4, -0.2) is 51.7 Å². The van der Waals surface area contributed by atoms with Crippen LogP contribution >= 0.6 is 0 Å². The molecule has 8 heteroatoms. The van der Waals surface area contributed by atoms with Crippen molar-refractivity contribution in [3.05, 3.63) is 47.4 Å². The number of nitrogens with one attached hydrogen (secondary N) is 1. The lowest BCUT2D eigenvalue weighted by molar-refractivity contribution is 0.0512. The fraction of sp³-hybridized carbons (Fsp3) is 0.455. The average molecular weight is 412 g/mol.